The van der Waals surface area contributed by atoms with E-state index in [1.807, 2.05) is 55.5 Å². The average Bonchev–Trinajstić information content (AvgIpc) is 3.38. The molecule has 0 saturated heterocycles. The Kier molecular flexibility index (Phi) is 7.19. The molecule has 1 N–H and O–H groups in total. The van der Waals surface area contributed by atoms with Crippen LogP contribution in [-0.4, -0.2) is 35.5 Å². The van der Waals surface area contributed by atoms with Crippen molar-refractivity contribution in [2.24, 2.45) is 0 Å². The van der Waals surface area contributed by atoms with E-state index in [9.17, 15) is 9.59 Å². The lowest BCUT2D eigenvalue weighted by Gasteiger charge is -2.15. The van der Waals surface area contributed by atoms with Crippen LogP contribution in [0.15, 0.2) is 69.2 Å². The lowest BCUT2D eigenvalue weighted by Crippen LogP contribution is -2.40. The Morgan fingerprint density at radius 1 is 0.939 bits per heavy atom. The van der Waals surface area contributed by atoms with Crippen molar-refractivity contribution in [1.29, 1.82) is 0 Å². The fourth-order valence-corrected chi connectivity index (χ4v) is 4.57. The van der Waals surface area contributed by atoms with E-state index in [0.717, 1.165) is 40.8 Å². The SMILES string of the molecule is CCCSc1cc(=O)n(CCC)c(=O)n1Cc1ccc(-c2ccccc2-c2nn[nH]n2)cc1. The molecule has 0 atom stereocenters. The summed E-state index contributed by atoms with van der Waals surface area (Å²) in [6.45, 7) is 4.86. The third-order valence-electron chi connectivity index (χ3n) is 5.26. The topological polar surface area (TPSA) is 98.5 Å². The van der Waals surface area contributed by atoms with Gasteiger partial charge in [-0.25, -0.2) is 4.79 Å². The number of hydrogen-bond acceptors (Lipinski definition) is 6. The quantitative estimate of drug-likeness (QED) is 0.300. The molecule has 2 aromatic carbocycles. The van der Waals surface area contributed by atoms with Crippen LogP contribution in [-0.2, 0) is 13.1 Å². The second-order valence-electron chi connectivity index (χ2n) is 7.67. The Labute approximate surface area is 195 Å². The maximum absolute atomic E-state index is 13.1. The highest BCUT2D eigenvalue weighted by Gasteiger charge is 2.13. The summed E-state index contributed by atoms with van der Waals surface area (Å²) in [7, 11) is 0. The highest BCUT2D eigenvalue weighted by molar-refractivity contribution is 7.99. The fourth-order valence-electron chi connectivity index (χ4n) is 3.67. The summed E-state index contributed by atoms with van der Waals surface area (Å²) in [6, 6.07) is 17.6. The first-order valence-electron chi connectivity index (χ1n) is 11.0. The standard InChI is InChI=1S/C24H26N6O2S/c1-3-13-29-21(31)15-22(33-14-4-2)30(24(29)32)16-17-9-11-18(12-10-17)19-7-5-6-8-20(19)23-25-27-28-26-23/h5-12,15H,3-4,13-14,16H2,1-2H3,(H,25,26,27,28). The lowest BCUT2D eigenvalue weighted by atomic mass is 9.98. The van der Waals surface area contributed by atoms with Gasteiger partial charge in [-0.05, 0) is 40.5 Å². The number of hydrogen-bond donors (Lipinski definition) is 1. The van der Waals surface area contributed by atoms with Crippen molar-refractivity contribution in [3.63, 3.8) is 0 Å². The molecule has 0 amide bonds. The lowest BCUT2D eigenvalue weighted by molar-refractivity contribution is 0.537. The van der Waals surface area contributed by atoms with Crippen LogP contribution in [0, 0.1) is 0 Å². The average molecular weight is 463 g/mol. The third-order valence-corrected chi connectivity index (χ3v) is 6.51. The summed E-state index contributed by atoms with van der Waals surface area (Å²) in [6.07, 6.45) is 1.69. The Morgan fingerprint density at radius 2 is 1.70 bits per heavy atom. The monoisotopic (exact) mass is 462 g/mol. The van der Waals surface area contributed by atoms with Crippen LogP contribution in [0.1, 0.15) is 32.3 Å². The van der Waals surface area contributed by atoms with Gasteiger partial charge in [-0.3, -0.25) is 13.9 Å². The van der Waals surface area contributed by atoms with Crippen LogP contribution in [0.3, 0.4) is 0 Å². The minimum Gasteiger partial charge on any atom is -0.283 e. The van der Waals surface area contributed by atoms with E-state index in [1.165, 1.54) is 4.57 Å². The van der Waals surface area contributed by atoms with E-state index in [4.69, 9.17) is 0 Å². The summed E-state index contributed by atoms with van der Waals surface area (Å²) >= 11 is 1.55. The predicted molar refractivity (Wildman–Crippen MR) is 130 cm³/mol. The van der Waals surface area contributed by atoms with Gasteiger partial charge >= 0.3 is 5.69 Å². The van der Waals surface area contributed by atoms with Crippen LogP contribution in [0.5, 0.6) is 0 Å². The molecular weight excluding hydrogens is 436 g/mol. The molecule has 0 aliphatic rings. The maximum atomic E-state index is 13.1. The molecule has 4 rings (SSSR count). The minimum absolute atomic E-state index is 0.231. The number of aromatic amines is 1. The predicted octanol–water partition coefficient (Wildman–Crippen LogP) is 3.82. The van der Waals surface area contributed by atoms with Crippen molar-refractivity contribution in [2.45, 2.75) is 44.8 Å². The van der Waals surface area contributed by atoms with Crippen LogP contribution >= 0.6 is 11.8 Å². The van der Waals surface area contributed by atoms with Crippen LogP contribution < -0.4 is 11.2 Å². The molecule has 0 bridgehead atoms. The first-order valence-corrected chi connectivity index (χ1v) is 12.0. The highest BCUT2D eigenvalue weighted by Crippen LogP contribution is 2.30. The molecule has 0 aliphatic heterocycles. The number of rotatable bonds is 9. The molecule has 4 aromatic rings. The smallest absolute Gasteiger partial charge is 0.283 e. The number of nitrogens with zero attached hydrogens (tertiary/aromatic N) is 5. The van der Waals surface area contributed by atoms with E-state index >= 15 is 0 Å². The van der Waals surface area contributed by atoms with Crippen molar-refractivity contribution in [1.82, 2.24) is 29.8 Å². The van der Waals surface area contributed by atoms with Gasteiger partial charge < -0.3 is 0 Å². The van der Waals surface area contributed by atoms with E-state index in [-0.39, 0.29) is 11.2 Å². The number of tetrazole rings is 1. The molecule has 0 aliphatic carbocycles. The highest BCUT2D eigenvalue weighted by atomic mass is 32.2. The molecule has 0 radical (unpaired) electrons. The molecular formula is C24H26N6O2S. The second kappa shape index (κ2) is 10.4. The van der Waals surface area contributed by atoms with Crippen LogP contribution in [0.25, 0.3) is 22.5 Å². The Balaban J connectivity index is 1.67. The zero-order valence-electron chi connectivity index (χ0n) is 18.7. The van der Waals surface area contributed by atoms with Gasteiger partial charge in [0.15, 0.2) is 0 Å². The first-order chi connectivity index (χ1) is 16.1. The van der Waals surface area contributed by atoms with Gasteiger partial charge in [0.2, 0.25) is 5.82 Å². The van der Waals surface area contributed by atoms with E-state index in [0.29, 0.717) is 23.9 Å². The second-order valence-corrected chi connectivity index (χ2v) is 8.78. The van der Waals surface area contributed by atoms with Gasteiger partial charge in [0.25, 0.3) is 5.56 Å². The normalized spacial score (nSPS) is 11.1. The molecule has 8 nitrogen and oxygen atoms in total. The molecule has 0 fully saturated rings. The Hall–Kier alpha value is -3.46. The number of thioether (sulfide) groups is 1. The summed E-state index contributed by atoms with van der Waals surface area (Å²) in [5.41, 5.74) is 3.40. The molecule has 33 heavy (non-hydrogen) atoms. The first kappa shape index (κ1) is 22.7. The van der Waals surface area contributed by atoms with Gasteiger partial charge in [-0.1, -0.05) is 62.4 Å². The van der Waals surface area contributed by atoms with Gasteiger partial charge in [0.05, 0.1) is 11.6 Å². The number of nitrogens with one attached hydrogen (secondary N) is 1. The van der Waals surface area contributed by atoms with Crippen molar-refractivity contribution in [3.8, 4) is 22.5 Å². The summed E-state index contributed by atoms with van der Waals surface area (Å²) in [4.78, 5) is 25.6. The molecule has 2 heterocycles. The van der Waals surface area contributed by atoms with Gasteiger partial charge in [-0.2, -0.15) is 5.21 Å². The summed E-state index contributed by atoms with van der Waals surface area (Å²) < 4.78 is 3.03. The van der Waals surface area contributed by atoms with E-state index in [2.05, 4.69) is 27.5 Å². The van der Waals surface area contributed by atoms with E-state index < -0.39 is 0 Å². The summed E-state index contributed by atoms with van der Waals surface area (Å²) in [5.74, 6) is 1.39. The van der Waals surface area contributed by atoms with Gasteiger partial charge in [0.1, 0.15) is 0 Å². The molecule has 0 spiro atoms. The number of aromatic nitrogens is 6. The molecule has 9 heteroatoms. The fraction of sp³-hybridized carbons (Fsp3) is 0.292. The van der Waals surface area contributed by atoms with Crippen molar-refractivity contribution in [2.75, 3.05) is 5.75 Å². The molecule has 2 aromatic heterocycles. The van der Waals surface area contributed by atoms with Crippen molar-refractivity contribution >= 4 is 11.8 Å². The molecule has 0 unspecified atom stereocenters. The van der Waals surface area contributed by atoms with Gasteiger partial charge in [0, 0.05) is 18.2 Å². The van der Waals surface area contributed by atoms with Crippen LogP contribution in [0.2, 0.25) is 0 Å². The Bertz CT molecular complexity index is 1330. The Morgan fingerprint density at radius 3 is 2.36 bits per heavy atom. The third kappa shape index (κ3) is 4.98. The van der Waals surface area contributed by atoms with Crippen molar-refractivity contribution in [3.05, 3.63) is 81.0 Å². The number of H-pyrrole nitrogens is 1. The number of benzene rings is 2. The zero-order valence-corrected chi connectivity index (χ0v) is 19.5. The van der Waals surface area contributed by atoms with E-state index in [1.54, 1.807) is 22.4 Å². The summed E-state index contributed by atoms with van der Waals surface area (Å²) in [5, 5.41) is 15.1. The maximum Gasteiger partial charge on any atom is 0.332 e. The van der Waals surface area contributed by atoms with Crippen molar-refractivity contribution < 1.29 is 0 Å². The van der Waals surface area contributed by atoms with Gasteiger partial charge in [-0.15, -0.1) is 22.0 Å². The molecule has 170 valence electrons. The minimum atomic E-state index is -0.255. The largest absolute Gasteiger partial charge is 0.332 e. The molecule has 0 saturated carbocycles. The zero-order chi connectivity index (χ0) is 23.2. The van der Waals surface area contributed by atoms with Crippen LogP contribution in [0.4, 0.5) is 0 Å².